The lowest BCUT2D eigenvalue weighted by molar-refractivity contribution is -0.136. The SMILES string of the molecule is COc1ccc(NC(=O)C2CC2C(=O)N(Cc2ccccc2)C(C)C)cc1. The molecule has 2 atom stereocenters. The molecule has 0 spiro atoms. The summed E-state index contributed by atoms with van der Waals surface area (Å²) in [5, 5.41) is 2.89. The van der Waals surface area contributed by atoms with Crippen LogP contribution in [0.15, 0.2) is 54.6 Å². The zero-order valence-electron chi connectivity index (χ0n) is 16.0. The summed E-state index contributed by atoms with van der Waals surface area (Å²) in [7, 11) is 1.60. The Morgan fingerprint density at radius 3 is 2.33 bits per heavy atom. The van der Waals surface area contributed by atoms with Gasteiger partial charge in [0.25, 0.3) is 0 Å². The van der Waals surface area contributed by atoms with Crippen molar-refractivity contribution in [2.75, 3.05) is 12.4 Å². The standard InChI is InChI=1S/C22H26N2O3/c1-15(2)24(14-16-7-5-4-6-8-16)22(26)20-13-19(20)21(25)23-17-9-11-18(27-3)12-10-17/h4-12,15,19-20H,13-14H2,1-3H3,(H,23,25). The fraction of sp³-hybridized carbons (Fsp3) is 0.364. The summed E-state index contributed by atoms with van der Waals surface area (Å²) in [6, 6.07) is 17.2. The summed E-state index contributed by atoms with van der Waals surface area (Å²) < 4.78 is 5.12. The molecule has 0 bridgehead atoms. The smallest absolute Gasteiger partial charge is 0.228 e. The molecule has 1 saturated carbocycles. The van der Waals surface area contributed by atoms with E-state index >= 15 is 0 Å². The summed E-state index contributed by atoms with van der Waals surface area (Å²) in [5.41, 5.74) is 1.81. The second-order valence-electron chi connectivity index (χ2n) is 7.21. The van der Waals surface area contributed by atoms with Crippen LogP contribution >= 0.6 is 0 Å². The highest BCUT2D eigenvalue weighted by Crippen LogP contribution is 2.41. The first-order valence-corrected chi connectivity index (χ1v) is 9.29. The monoisotopic (exact) mass is 366 g/mol. The molecule has 0 aromatic heterocycles. The molecule has 0 saturated heterocycles. The van der Waals surface area contributed by atoms with Crippen molar-refractivity contribution in [3.8, 4) is 5.75 Å². The van der Waals surface area contributed by atoms with Crippen LogP contribution in [0.5, 0.6) is 5.75 Å². The molecule has 27 heavy (non-hydrogen) atoms. The van der Waals surface area contributed by atoms with Gasteiger partial charge in [-0.1, -0.05) is 30.3 Å². The lowest BCUT2D eigenvalue weighted by atomic mass is 10.1. The van der Waals surface area contributed by atoms with Gasteiger partial charge in [-0.15, -0.1) is 0 Å². The molecular weight excluding hydrogens is 340 g/mol. The average molecular weight is 366 g/mol. The first kappa shape index (κ1) is 19.0. The van der Waals surface area contributed by atoms with Crippen LogP contribution in [0.3, 0.4) is 0 Å². The van der Waals surface area contributed by atoms with Gasteiger partial charge < -0.3 is 15.0 Å². The van der Waals surface area contributed by atoms with E-state index in [9.17, 15) is 9.59 Å². The van der Waals surface area contributed by atoms with E-state index in [-0.39, 0.29) is 29.7 Å². The maximum absolute atomic E-state index is 12.9. The second-order valence-corrected chi connectivity index (χ2v) is 7.21. The number of anilines is 1. The Labute approximate surface area is 160 Å². The Bertz CT molecular complexity index is 787. The van der Waals surface area contributed by atoms with Gasteiger partial charge in [0.05, 0.1) is 18.9 Å². The van der Waals surface area contributed by atoms with E-state index in [4.69, 9.17) is 4.74 Å². The quantitative estimate of drug-likeness (QED) is 0.813. The number of hydrogen-bond acceptors (Lipinski definition) is 3. The molecule has 5 heteroatoms. The van der Waals surface area contributed by atoms with Crippen LogP contribution in [0.2, 0.25) is 0 Å². The van der Waals surface area contributed by atoms with Crippen LogP contribution in [0.4, 0.5) is 5.69 Å². The number of amides is 2. The average Bonchev–Trinajstić information content (AvgIpc) is 3.48. The molecule has 1 fully saturated rings. The number of carbonyl (C=O) groups excluding carboxylic acids is 2. The number of methoxy groups -OCH3 is 1. The molecule has 2 aromatic rings. The first-order valence-electron chi connectivity index (χ1n) is 9.29. The third-order valence-electron chi connectivity index (χ3n) is 4.90. The number of nitrogens with one attached hydrogen (secondary N) is 1. The van der Waals surface area contributed by atoms with Crippen LogP contribution in [-0.2, 0) is 16.1 Å². The number of rotatable bonds is 7. The number of ether oxygens (including phenoxy) is 1. The van der Waals surface area contributed by atoms with Gasteiger partial charge >= 0.3 is 0 Å². The fourth-order valence-electron chi connectivity index (χ4n) is 3.18. The Morgan fingerprint density at radius 2 is 1.74 bits per heavy atom. The van der Waals surface area contributed by atoms with E-state index in [0.29, 0.717) is 18.7 Å². The van der Waals surface area contributed by atoms with E-state index in [0.717, 1.165) is 11.3 Å². The summed E-state index contributed by atoms with van der Waals surface area (Å²) in [4.78, 5) is 27.3. The zero-order chi connectivity index (χ0) is 19.4. The predicted molar refractivity (Wildman–Crippen MR) is 105 cm³/mol. The van der Waals surface area contributed by atoms with Crippen LogP contribution in [0.25, 0.3) is 0 Å². The van der Waals surface area contributed by atoms with Gasteiger partial charge in [0, 0.05) is 18.3 Å². The van der Waals surface area contributed by atoms with Crippen LogP contribution in [0, 0.1) is 11.8 Å². The molecule has 5 nitrogen and oxygen atoms in total. The Kier molecular flexibility index (Phi) is 5.79. The first-order chi connectivity index (χ1) is 13.0. The third-order valence-corrected chi connectivity index (χ3v) is 4.90. The summed E-state index contributed by atoms with van der Waals surface area (Å²) in [6.07, 6.45) is 0.610. The molecular formula is C22H26N2O3. The van der Waals surface area contributed by atoms with Gasteiger partial charge in [0.15, 0.2) is 0 Å². The van der Waals surface area contributed by atoms with Gasteiger partial charge in [0.2, 0.25) is 11.8 Å². The highest BCUT2D eigenvalue weighted by Gasteiger charge is 2.49. The van der Waals surface area contributed by atoms with Crippen molar-refractivity contribution in [1.29, 1.82) is 0 Å². The van der Waals surface area contributed by atoms with Crippen LogP contribution in [-0.4, -0.2) is 29.9 Å². The highest BCUT2D eigenvalue weighted by atomic mass is 16.5. The molecule has 3 rings (SSSR count). The van der Waals surface area contributed by atoms with Crippen molar-refractivity contribution < 1.29 is 14.3 Å². The minimum atomic E-state index is -0.253. The molecule has 1 aliphatic carbocycles. The number of carbonyl (C=O) groups is 2. The van der Waals surface area contributed by atoms with Gasteiger partial charge in [0.1, 0.15) is 5.75 Å². The lowest BCUT2D eigenvalue weighted by Crippen LogP contribution is -2.38. The predicted octanol–water partition coefficient (Wildman–Crippen LogP) is 3.71. The van der Waals surface area contributed by atoms with Gasteiger partial charge in [-0.3, -0.25) is 9.59 Å². The van der Waals surface area contributed by atoms with Crippen molar-refractivity contribution in [1.82, 2.24) is 4.90 Å². The fourth-order valence-corrected chi connectivity index (χ4v) is 3.18. The molecule has 0 aliphatic heterocycles. The van der Waals surface area contributed by atoms with Crippen molar-refractivity contribution in [2.24, 2.45) is 11.8 Å². The maximum Gasteiger partial charge on any atom is 0.228 e. The van der Waals surface area contributed by atoms with Crippen LogP contribution in [0.1, 0.15) is 25.8 Å². The Morgan fingerprint density at radius 1 is 1.07 bits per heavy atom. The van der Waals surface area contributed by atoms with Crippen LogP contribution < -0.4 is 10.1 Å². The zero-order valence-corrected chi connectivity index (χ0v) is 16.0. The van der Waals surface area contributed by atoms with E-state index in [1.165, 1.54) is 0 Å². The summed E-state index contributed by atoms with van der Waals surface area (Å²) in [6.45, 7) is 4.59. The van der Waals surface area contributed by atoms with E-state index in [1.807, 2.05) is 49.1 Å². The highest BCUT2D eigenvalue weighted by molar-refractivity contribution is 5.99. The molecule has 0 radical (unpaired) electrons. The summed E-state index contributed by atoms with van der Waals surface area (Å²) in [5.74, 6) is 0.220. The van der Waals surface area contributed by atoms with Gasteiger partial charge in [-0.2, -0.15) is 0 Å². The molecule has 0 heterocycles. The minimum absolute atomic E-state index is 0.0590. The van der Waals surface area contributed by atoms with Crippen molar-refractivity contribution >= 4 is 17.5 Å². The number of hydrogen-bond donors (Lipinski definition) is 1. The Balaban J connectivity index is 1.59. The number of nitrogens with zero attached hydrogens (tertiary/aromatic N) is 1. The topological polar surface area (TPSA) is 58.6 Å². The van der Waals surface area contributed by atoms with Crippen molar-refractivity contribution in [3.05, 3.63) is 60.2 Å². The van der Waals surface area contributed by atoms with E-state index < -0.39 is 0 Å². The summed E-state index contributed by atoms with van der Waals surface area (Å²) >= 11 is 0. The molecule has 142 valence electrons. The van der Waals surface area contributed by atoms with Crippen molar-refractivity contribution in [3.63, 3.8) is 0 Å². The van der Waals surface area contributed by atoms with Crippen molar-refractivity contribution in [2.45, 2.75) is 32.9 Å². The third kappa shape index (κ3) is 4.67. The molecule has 1 aliphatic rings. The Hall–Kier alpha value is -2.82. The maximum atomic E-state index is 12.9. The normalized spacial score (nSPS) is 18.1. The van der Waals surface area contributed by atoms with Gasteiger partial charge in [-0.05, 0) is 50.1 Å². The molecule has 2 unspecified atom stereocenters. The largest absolute Gasteiger partial charge is 0.497 e. The van der Waals surface area contributed by atoms with E-state index in [2.05, 4.69) is 5.32 Å². The molecule has 2 aromatic carbocycles. The molecule has 1 N–H and O–H groups in total. The number of benzene rings is 2. The van der Waals surface area contributed by atoms with E-state index in [1.54, 1.807) is 31.4 Å². The molecule has 2 amide bonds. The minimum Gasteiger partial charge on any atom is -0.497 e. The second kappa shape index (κ2) is 8.25. The lowest BCUT2D eigenvalue weighted by Gasteiger charge is -2.27. The van der Waals surface area contributed by atoms with Gasteiger partial charge in [-0.25, -0.2) is 0 Å².